The van der Waals surface area contributed by atoms with E-state index in [-0.39, 0.29) is 17.9 Å². The average molecular weight is 414 g/mol. The molecule has 1 aliphatic rings. The molecule has 0 aliphatic carbocycles. The molecule has 6 heteroatoms. The van der Waals surface area contributed by atoms with E-state index in [0.717, 1.165) is 5.56 Å². The second kappa shape index (κ2) is 8.83. The molecular formula is C25H22N2O4. The van der Waals surface area contributed by atoms with Crippen LogP contribution in [0.5, 0.6) is 5.75 Å². The molecular weight excluding hydrogens is 392 g/mol. The highest BCUT2D eigenvalue weighted by atomic mass is 16.5. The third kappa shape index (κ3) is 4.05. The summed E-state index contributed by atoms with van der Waals surface area (Å²) in [5.74, 6) is -0.916. The minimum absolute atomic E-state index is 0.0684. The minimum atomic E-state index is -0.742. The van der Waals surface area contributed by atoms with Crippen LogP contribution in [0.4, 0.5) is 0 Å². The standard InChI is InChI=1S/C25H22N2O4/c1-2-31-20-10-6-9-19(15-20)22-21(23(28)18-7-4-3-5-8-18)24(29)25(30)27(22)16-17-11-13-26-14-12-17/h3-15,22,28H,2,16H2,1H3/b23-21+. The summed E-state index contributed by atoms with van der Waals surface area (Å²) in [4.78, 5) is 31.6. The highest BCUT2D eigenvalue weighted by molar-refractivity contribution is 6.46. The van der Waals surface area contributed by atoms with Gasteiger partial charge in [-0.05, 0) is 42.3 Å². The lowest BCUT2D eigenvalue weighted by molar-refractivity contribution is -0.140. The summed E-state index contributed by atoms with van der Waals surface area (Å²) in [6.45, 7) is 2.59. The lowest BCUT2D eigenvalue weighted by Gasteiger charge is -2.25. The number of ketones is 1. The summed E-state index contributed by atoms with van der Waals surface area (Å²) >= 11 is 0. The molecule has 6 nitrogen and oxygen atoms in total. The van der Waals surface area contributed by atoms with Crippen molar-refractivity contribution < 1.29 is 19.4 Å². The van der Waals surface area contributed by atoms with E-state index in [0.29, 0.717) is 23.5 Å². The van der Waals surface area contributed by atoms with E-state index >= 15 is 0 Å². The molecule has 1 atom stereocenters. The van der Waals surface area contributed by atoms with Crippen LogP contribution in [-0.2, 0) is 16.1 Å². The molecule has 1 aliphatic heterocycles. The van der Waals surface area contributed by atoms with Gasteiger partial charge in [0, 0.05) is 24.5 Å². The number of nitrogens with zero attached hydrogens (tertiary/aromatic N) is 2. The quantitative estimate of drug-likeness (QED) is 0.373. The number of ether oxygens (including phenoxy) is 1. The van der Waals surface area contributed by atoms with Crippen LogP contribution < -0.4 is 4.74 Å². The van der Waals surface area contributed by atoms with Gasteiger partial charge in [0.25, 0.3) is 11.7 Å². The molecule has 31 heavy (non-hydrogen) atoms. The molecule has 2 aromatic carbocycles. The van der Waals surface area contributed by atoms with E-state index in [4.69, 9.17) is 4.74 Å². The highest BCUT2D eigenvalue weighted by Crippen LogP contribution is 2.41. The Kier molecular flexibility index (Phi) is 5.80. The lowest BCUT2D eigenvalue weighted by atomic mass is 9.95. The monoisotopic (exact) mass is 414 g/mol. The van der Waals surface area contributed by atoms with Crippen LogP contribution in [-0.4, -0.2) is 33.3 Å². The molecule has 1 unspecified atom stereocenters. The topological polar surface area (TPSA) is 79.7 Å². The molecule has 0 radical (unpaired) electrons. The van der Waals surface area contributed by atoms with E-state index in [1.165, 1.54) is 4.90 Å². The van der Waals surface area contributed by atoms with E-state index < -0.39 is 17.7 Å². The number of rotatable bonds is 6. The van der Waals surface area contributed by atoms with Gasteiger partial charge in [-0.25, -0.2) is 0 Å². The molecule has 0 spiro atoms. The molecule has 156 valence electrons. The van der Waals surface area contributed by atoms with Crippen molar-refractivity contribution in [2.45, 2.75) is 19.5 Å². The summed E-state index contributed by atoms with van der Waals surface area (Å²) in [6.07, 6.45) is 3.28. The van der Waals surface area contributed by atoms with Crippen LogP contribution in [0, 0.1) is 0 Å². The van der Waals surface area contributed by atoms with E-state index in [1.54, 1.807) is 54.9 Å². The number of hydrogen-bond acceptors (Lipinski definition) is 5. The first-order valence-corrected chi connectivity index (χ1v) is 10.1. The normalized spacial score (nSPS) is 17.7. The molecule has 4 rings (SSSR count). The van der Waals surface area contributed by atoms with Crippen molar-refractivity contribution in [3.8, 4) is 5.75 Å². The molecule has 1 fully saturated rings. The number of benzene rings is 2. The van der Waals surface area contributed by atoms with Crippen molar-refractivity contribution in [3.63, 3.8) is 0 Å². The average Bonchev–Trinajstić information content (AvgIpc) is 3.05. The van der Waals surface area contributed by atoms with Gasteiger partial charge in [0.2, 0.25) is 0 Å². The molecule has 3 aromatic rings. The van der Waals surface area contributed by atoms with Gasteiger partial charge in [0.05, 0.1) is 18.2 Å². The van der Waals surface area contributed by atoms with Gasteiger partial charge in [-0.3, -0.25) is 14.6 Å². The number of pyridine rings is 1. The Labute approximate surface area is 180 Å². The zero-order valence-electron chi connectivity index (χ0n) is 17.1. The van der Waals surface area contributed by atoms with Crippen LogP contribution >= 0.6 is 0 Å². The molecule has 2 heterocycles. The highest BCUT2D eigenvalue weighted by Gasteiger charge is 2.46. The Morgan fingerprint density at radius 3 is 2.48 bits per heavy atom. The lowest BCUT2D eigenvalue weighted by Crippen LogP contribution is -2.29. The summed E-state index contributed by atoms with van der Waals surface area (Å²) in [6, 6.07) is 18.9. The van der Waals surface area contributed by atoms with Gasteiger partial charge < -0.3 is 14.7 Å². The maximum atomic E-state index is 13.1. The third-order valence-electron chi connectivity index (χ3n) is 5.17. The number of carbonyl (C=O) groups excluding carboxylic acids is 2. The number of amides is 1. The Bertz CT molecular complexity index is 1130. The molecule has 1 N–H and O–H groups in total. The molecule has 1 amide bonds. The zero-order valence-corrected chi connectivity index (χ0v) is 17.1. The Morgan fingerprint density at radius 1 is 1.03 bits per heavy atom. The summed E-state index contributed by atoms with van der Waals surface area (Å²) < 4.78 is 5.62. The van der Waals surface area contributed by atoms with Crippen molar-refractivity contribution in [2.24, 2.45) is 0 Å². The fraction of sp³-hybridized carbons (Fsp3) is 0.160. The summed E-state index contributed by atoms with van der Waals surface area (Å²) in [5.41, 5.74) is 2.08. The second-order valence-corrected chi connectivity index (χ2v) is 7.15. The summed E-state index contributed by atoms with van der Waals surface area (Å²) in [5, 5.41) is 11.0. The van der Waals surface area contributed by atoms with Crippen LogP contribution in [0.2, 0.25) is 0 Å². The van der Waals surface area contributed by atoms with E-state index in [9.17, 15) is 14.7 Å². The predicted molar refractivity (Wildman–Crippen MR) is 116 cm³/mol. The number of aliphatic hydroxyl groups excluding tert-OH is 1. The van der Waals surface area contributed by atoms with Crippen LogP contribution in [0.15, 0.2) is 84.7 Å². The largest absolute Gasteiger partial charge is 0.507 e. The SMILES string of the molecule is CCOc1cccc(C2/C(=C(\O)c3ccccc3)C(=O)C(=O)N2Cc2ccncc2)c1. The van der Waals surface area contributed by atoms with Crippen LogP contribution in [0.1, 0.15) is 29.7 Å². The maximum Gasteiger partial charge on any atom is 0.295 e. The van der Waals surface area contributed by atoms with Gasteiger partial charge in [-0.2, -0.15) is 0 Å². The summed E-state index contributed by atoms with van der Waals surface area (Å²) in [7, 11) is 0. The van der Waals surface area contributed by atoms with E-state index in [1.807, 2.05) is 31.2 Å². The number of hydrogen-bond donors (Lipinski definition) is 1. The fourth-order valence-electron chi connectivity index (χ4n) is 3.77. The first kappa shape index (κ1) is 20.3. The van der Waals surface area contributed by atoms with Gasteiger partial charge in [0.15, 0.2) is 0 Å². The maximum absolute atomic E-state index is 13.1. The van der Waals surface area contributed by atoms with Gasteiger partial charge >= 0.3 is 0 Å². The molecule has 0 saturated carbocycles. The number of aliphatic hydroxyl groups is 1. The minimum Gasteiger partial charge on any atom is -0.507 e. The number of likely N-dealkylation sites (tertiary alicyclic amines) is 1. The molecule has 1 aromatic heterocycles. The van der Waals surface area contributed by atoms with Gasteiger partial charge in [-0.15, -0.1) is 0 Å². The zero-order chi connectivity index (χ0) is 21.8. The van der Waals surface area contributed by atoms with Crippen molar-refractivity contribution in [1.82, 2.24) is 9.88 Å². The van der Waals surface area contributed by atoms with Crippen LogP contribution in [0.25, 0.3) is 5.76 Å². The van der Waals surface area contributed by atoms with Crippen molar-refractivity contribution in [3.05, 3.63) is 101 Å². The Hall–Kier alpha value is -3.93. The third-order valence-corrected chi connectivity index (χ3v) is 5.17. The van der Waals surface area contributed by atoms with E-state index in [2.05, 4.69) is 4.98 Å². The van der Waals surface area contributed by atoms with Crippen molar-refractivity contribution >= 4 is 17.4 Å². The Balaban J connectivity index is 1.86. The smallest absolute Gasteiger partial charge is 0.295 e. The number of carbonyl (C=O) groups is 2. The number of Topliss-reactive ketones (excluding diaryl/α,β-unsaturated/α-hetero) is 1. The Morgan fingerprint density at radius 2 is 1.77 bits per heavy atom. The molecule has 1 saturated heterocycles. The van der Waals surface area contributed by atoms with Gasteiger partial charge in [-0.1, -0.05) is 42.5 Å². The number of aromatic nitrogens is 1. The second-order valence-electron chi connectivity index (χ2n) is 7.15. The first-order chi connectivity index (χ1) is 15.1. The predicted octanol–water partition coefficient (Wildman–Crippen LogP) is 4.10. The molecule has 0 bridgehead atoms. The van der Waals surface area contributed by atoms with Crippen LogP contribution in [0.3, 0.4) is 0 Å². The van der Waals surface area contributed by atoms with Crippen molar-refractivity contribution in [2.75, 3.05) is 6.61 Å². The van der Waals surface area contributed by atoms with Crippen molar-refractivity contribution in [1.29, 1.82) is 0 Å². The fourth-order valence-corrected chi connectivity index (χ4v) is 3.77. The first-order valence-electron chi connectivity index (χ1n) is 10.1. The van der Waals surface area contributed by atoms with Gasteiger partial charge in [0.1, 0.15) is 11.5 Å².